The molecule has 1 N–H and O–H groups in total. The fourth-order valence-electron chi connectivity index (χ4n) is 3.22. The molecule has 164 valence electrons. The number of nitrogens with zero attached hydrogens (tertiary/aromatic N) is 1. The number of rotatable bonds is 6. The van der Waals surface area contributed by atoms with Crippen molar-refractivity contribution >= 4 is 35.2 Å². The van der Waals surface area contributed by atoms with Crippen molar-refractivity contribution in [3.63, 3.8) is 0 Å². The summed E-state index contributed by atoms with van der Waals surface area (Å²) in [5.74, 6) is -0.202. The van der Waals surface area contributed by atoms with Gasteiger partial charge in [0.2, 0.25) is 0 Å². The fraction of sp³-hybridized carbons (Fsp3) is 0.375. The number of hydrogen-bond acceptors (Lipinski definition) is 5. The summed E-state index contributed by atoms with van der Waals surface area (Å²) >= 11 is 1.71. The number of ether oxygens (including phenoxy) is 1. The molecule has 6 nitrogen and oxygen atoms in total. The number of hydrogen-bond donors (Lipinski definition) is 1. The van der Waals surface area contributed by atoms with Gasteiger partial charge in [-0.25, -0.2) is 0 Å². The molecule has 1 aliphatic rings. The summed E-state index contributed by atoms with van der Waals surface area (Å²) in [6.45, 7) is 6.77. The first-order chi connectivity index (χ1) is 14.8. The molecule has 2 aromatic rings. The lowest BCUT2D eigenvalue weighted by atomic mass is 9.87. The number of amides is 2. The molecule has 1 heterocycles. The largest absolute Gasteiger partial charge is 0.455 e. The minimum absolute atomic E-state index is 0.00549. The summed E-state index contributed by atoms with van der Waals surface area (Å²) < 4.78 is 5.12. The monoisotopic (exact) mass is 440 g/mol. The van der Waals surface area contributed by atoms with Gasteiger partial charge in [-0.3, -0.25) is 14.4 Å². The molecule has 0 bridgehead atoms. The Hall–Kier alpha value is -2.80. The van der Waals surface area contributed by atoms with Crippen LogP contribution in [0.25, 0.3) is 0 Å². The summed E-state index contributed by atoms with van der Waals surface area (Å²) in [4.78, 5) is 39.5. The van der Waals surface area contributed by atoms with Gasteiger partial charge in [-0.1, -0.05) is 45.0 Å². The third kappa shape index (κ3) is 6.10. The van der Waals surface area contributed by atoms with Crippen LogP contribution in [0.15, 0.2) is 53.4 Å². The van der Waals surface area contributed by atoms with Gasteiger partial charge in [0.25, 0.3) is 11.8 Å². The van der Waals surface area contributed by atoms with E-state index in [1.165, 1.54) is 0 Å². The van der Waals surface area contributed by atoms with Crippen LogP contribution in [-0.2, 0) is 19.7 Å². The second-order valence-corrected chi connectivity index (χ2v) is 9.49. The zero-order valence-electron chi connectivity index (χ0n) is 18.1. The zero-order chi connectivity index (χ0) is 22.4. The number of para-hydroxylation sites is 1. The standard InChI is InChI=1S/C24H28N2O4S/c1-24(2,3)18-10-8-17(9-11-18)23(29)25-13-12-22(28)30-16-21(27)26-14-15-31-20-7-5-4-6-19(20)26/h4-11H,12-16H2,1-3H3,(H,25,29). The molecule has 0 aromatic heterocycles. The van der Waals surface area contributed by atoms with Crippen molar-refractivity contribution in [3.05, 3.63) is 59.7 Å². The molecule has 0 saturated carbocycles. The van der Waals surface area contributed by atoms with Crippen LogP contribution >= 0.6 is 11.8 Å². The number of anilines is 1. The average molecular weight is 441 g/mol. The maximum absolute atomic E-state index is 12.5. The summed E-state index contributed by atoms with van der Waals surface area (Å²) in [6.07, 6.45) is 0.00549. The average Bonchev–Trinajstić information content (AvgIpc) is 2.76. The Morgan fingerprint density at radius 2 is 1.77 bits per heavy atom. The molecule has 0 fully saturated rings. The van der Waals surface area contributed by atoms with Crippen molar-refractivity contribution in [3.8, 4) is 0 Å². The SMILES string of the molecule is CC(C)(C)c1ccc(C(=O)NCCC(=O)OCC(=O)N2CCSc3ccccc32)cc1. The Kier molecular flexibility index (Phi) is 7.38. The molecular formula is C24H28N2O4S. The first-order valence-electron chi connectivity index (χ1n) is 10.3. The molecule has 0 unspecified atom stereocenters. The molecule has 1 aliphatic heterocycles. The Morgan fingerprint density at radius 1 is 1.06 bits per heavy atom. The number of thioether (sulfide) groups is 1. The molecule has 0 spiro atoms. The van der Waals surface area contributed by atoms with Gasteiger partial charge in [0.05, 0.1) is 12.1 Å². The van der Waals surface area contributed by atoms with Crippen molar-refractivity contribution in [1.82, 2.24) is 5.32 Å². The van der Waals surface area contributed by atoms with E-state index in [1.807, 2.05) is 36.4 Å². The number of benzene rings is 2. The van der Waals surface area contributed by atoms with E-state index in [4.69, 9.17) is 4.74 Å². The van der Waals surface area contributed by atoms with Crippen LogP contribution in [0.3, 0.4) is 0 Å². The van der Waals surface area contributed by atoms with Crippen molar-refractivity contribution in [1.29, 1.82) is 0 Å². The maximum atomic E-state index is 12.5. The van der Waals surface area contributed by atoms with E-state index in [1.54, 1.807) is 28.8 Å². The smallest absolute Gasteiger partial charge is 0.308 e. The highest BCUT2D eigenvalue weighted by atomic mass is 32.2. The first-order valence-corrected chi connectivity index (χ1v) is 11.3. The van der Waals surface area contributed by atoms with Crippen LogP contribution in [-0.4, -0.2) is 43.2 Å². The number of nitrogens with one attached hydrogen (secondary N) is 1. The first kappa shape index (κ1) is 22.9. The van der Waals surface area contributed by atoms with E-state index in [2.05, 4.69) is 26.1 Å². The van der Waals surface area contributed by atoms with E-state index < -0.39 is 5.97 Å². The zero-order valence-corrected chi connectivity index (χ0v) is 19.0. The van der Waals surface area contributed by atoms with Gasteiger partial charge in [-0.15, -0.1) is 11.8 Å². The molecule has 0 radical (unpaired) electrons. The minimum Gasteiger partial charge on any atom is -0.455 e. The highest BCUT2D eigenvalue weighted by molar-refractivity contribution is 7.99. The van der Waals surface area contributed by atoms with Gasteiger partial charge in [-0.05, 0) is 35.2 Å². The van der Waals surface area contributed by atoms with Gasteiger partial charge >= 0.3 is 5.97 Å². The summed E-state index contributed by atoms with van der Waals surface area (Å²) in [7, 11) is 0. The number of carbonyl (C=O) groups excluding carboxylic acids is 3. The highest BCUT2D eigenvalue weighted by Crippen LogP contribution is 2.34. The molecule has 3 rings (SSSR count). The van der Waals surface area contributed by atoms with Gasteiger partial charge in [0.15, 0.2) is 6.61 Å². The van der Waals surface area contributed by atoms with E-state index >= 15 is 0 Å². The van der Waals surface area contributed by atoms with Crippen LogP contribution in [0.5, 0.6) is 0 Å². The van der Waals surface area contributed by atoms with Crippen LogP contribution in [0, 0.1) is 0 Å². The van der Waals surface area contributed by atoms with Crippen molar-refractivity contribution in [2.24, 2.45) is 0 Å². The van der Waals surface area contributed by atoms with Gasteiger partial charge in [0.1, 0.15) is 0 Å². The van der Waals surface area contributed by atoms with Gasteiger partial charge in [-0.2, -0.15) is 0 Å². The van der Waals surface area contributed by atoms with Gasteiger partial charge < -0.3 is 15.0 Å². The van der Waals surface area contributed by atoms with E-state index in [9.17, 15) is 14.4 Å². The summed E-state index contributed by atoms with van der Waals surface area (Å²) in [5, 5.41) is 2.71. The maximum Gasteiger partial charge on any atom is 0.308 e. The second-order valence-electron chi connectivity index (χ2n) is 8.36. The molecular weight excluding hydrogens is 412 g/mol. The summed E-state index contributed by atoms with van der Waals surface area (Å²) in [6, 6.07) is 15.1. The van der Waals surface area contributed by atoms with E-state index in [0.29, 0.717) is 12.1 Å². The van der Waals surface area contributed by atoms with Crippen LogP contribution in [0.4, 0.5) is 5.69 Å². The number of esters is 1. The predicted molar refractivity (Wildman–Crippen MR) is 123 cm³/mol. The van der Waals surface area contributed by atoms with Crippen LogP contribution in [0.1, 0.15) is 43.1 Å². The van der Waals surface area contributed by atoms with Crippen molar-refractivity contribution < 1.29 is 19.1 Å². The fourth-order valence-corrected chi connectivity index (χ4v) is 4.22. The Morgan fingerprint density at radius 3 is 2.48 bits per heavy atom. The quantitative estimate of drug-likeness (QED) is 0.692. The molecule has 31 heavy (non-hydrogen) atoms. The molecule has 2 aromatic carbocycles. The normalized spacial score (nSPS) is 13.3. The lowest BCUT2D eigenvalue weighted by Gasteiger charge is -2.28. The van der Waals surface area contributed by atoms with E-state index in [-0.39, 0.29) is 36.8 Å². The topological polar surface area (TPSA) is 75.7 Å². The lowest BCUT2D eigenvalue weighted by molar-refractivity contribution is -0.147. The Labute approximate surface area is 187 Å². The third-order valence-corrected chi connectivity index (χ3v) is 6.06. The van der Waals surface area contributed by atoms with E-state index in [0.717, 1.165) is 21.9 Å². The molecule has 0 aliphatic carbocycles. The number of fused-ring (bicyclic) bond motifs is 1. The van der Waals surface area contributed by atoms with Crippen LogP contribution in [0.2, 0.25) is 0 Å². The van der Waals surface area contributed by atoms with Gasteiger partial charge in [0, 0.05) is 29.3 Å². The predicted octanol–water partition coefficient (Wildman–Crippen LogP) is 3.79. The Bertz CT molecular complexity index is 951. The Balaban J connectivity index is 1.42. The van der Waals surface area contributed by atoms with Crippen molar-refractivity contribution in [2.75, 3.05) is 30.3 Å². The third-order valence-electron chi connectivity index (χ3n) is 5.01. The summed E-state index contributed by atoms with van der Waals surface area (Å²) in [5.41, 5.74) is 2.56. The lowest BCUT2D eigenvalue weighted by Crippen LogP contribution is -2.38. The van der Waals surface area contributed by atoms with Crippen molar-refractivity contribution in [2.45, 2.75) is 37.5 Å². The second kappa shape index (κ2) is 10.0. The number of carbonyl (C=O) groups is 3. The molecule has 0 saturated heterocycles. The molecule has 7 heteroatoms. The highest BCUT2D eigenvalue weighted by Gasteiger charge is 2.23. The van der Waals surface area contributed by atoms with Crippen LogP contribution < -0.4 is 10.2 Å². The minimum atomic E-state index is -0.517. The molecule has 0 atom stereocenters. The molecule has 2 amide bonds.